The molecular formula is C20H20F3N7O2S2. The molecule has 4 heterocycles. The summed E-state index contributed by atoms with van der Waals surface area (Å²) >= 11 is 2.69. The highest BCUT2D eigenvalue weighted by atomic mass is 32.1. The molecular weight excluding hydrogens is 491 g/mol. The summed E-state index contributed by atoms with van der Waals surface area (Å²) in [4.78, 5) is 28.7. The van der Waals surface area contributed by atoms with Gasteiger partial charge in [0, 0.05) is 23.3 Å². The number of amidine groups is 2. The topological polar surface area (TPSA) is 130 Å². The molecule has 0 bridgehead atoms. The second-order valence-electron chi connectivity index (χ2n) is 7.62. The van der Waals surface area contributed by atoms with Crippen LogP contribution in [0, 0.1) is 10.8 Å². The molecule has 3 aromatic rings. The normalized spacial score (nSPS) is 14.8. The van der Waals surface area contributed by atoms with E-state index in [0.29, 0.717) is 21.5 Å². The largest absolute Gasteiger partial charge is 0.476 e. The van der Waals surface area contributed by atoms with Crippen molar-refractivity contribution in [3.05, 3.63) is 32.8 Å². The van der Waals surface area contributed by atoms with Crippen molar-refractivity contribution in [2.24, 2.45) is 0 Å². The van der Waals surface area contributed by atoms with Crippen LogP contribution in [0.25, 0.3) is 10.2 Å². The maximum absolute atomic E-state index is 13.0. The number of nitrogens with zero attached hydrogens (tertiary/aromatic N) is 5. The molecule has 0 radical (unpaired) electrons. The number of aryl methyl sites for hydroxylation is 1. The summed E-state index contributed by atoms with van der Waals surface area (Å²) in [7, 11) is 0. The second kappa shape index (κ2) is 9.25. The van der Waals surface area contributed by atoms with Gasteiger partial charge in [-0.25, -0.2) is 19.7 Å². The van der Waals surface area contributed by atoms with Gasteiger partial charge in [0.15, 0.2) is 5.69 Å². The quantitative estimate of drug-likeness (QED) is 0.336. The molecule has 0 spiro atoms. The van der Waals surface area contributed by atoms with Crippen LogP contribution in [0.3, 0.4) is 0 Å². The zero-order chi connectivity index (χ0) is 24.6. The fraction of sp³-hybridized carbons (Fsp3) is 0.400. The van der Waals surface area contributed by atoms with Crippen molar-refractivity contribution in [1.82, 2.24) is 19.9 Å². The molecule has 0 saturated carbocycles. The number of hydrogen-bond donors (Lipinski definition) is 3. The smallest absolute Gasteiger partial charge is 0.449 e. The molecule has 180 valence electrons. The first kappa shape index (κ1) is 24.0. The van der Waals surface area contributed by atoms with Crippen LogP contribution in [-0.2, 0) is 12.8 Å². The van der Waals surface area contributed by atoms with E-state index < -0.39 is 18.0 Å². The lowest BCUT2D eigenvalue weighted by atomic mass is 10.2. The number of halogens is 3. The third-order valence-corrected chi connectivity index (χ3v) is 7.08. The van der Waals surface area contributed by atoms with Gasteiger partial charge in [0.05, 0.1) is 18.4 Å². The molecule has 9 nitrogen and oxygen atoms in total. The molecule has 1 aliphatic heterocycles. The van der Waals surface area contributed by atoms with Crippen LogP contribution in [0.1, 0.15) is 39.5 Å². The minimum Gasteiger partial charge on any atom is -0.476 e. The molecule has 1 saturated heterocycles. The summed E-state index contributed by atoms with van der Waals surface area (Å²) < 4.78 is 39.0. The van der Waals surface area contributed by atoms with Gasteiger partial charge in [-0.3, -0.25) is 10.8 Å². The van der Waals surface area contributed by atoms with E-state index in [0.717, 1.165) is 27.9 Å². The Kier molecular flexibility index (Phi) is 6.53. The third-order valence-electron chi connectivity index (χ3n) is 5.14. The first-order valence-corrected chi connectivity index (χ1v) is 12.0. The van der Waals surface area contributed by atoms with E-state index in [1.54, 1.807) is 4.90 Å². The number of rotatable bonds is 6. The Bertz CT molecular complexity index is 1270. The van der Waals surface area contributed by atoms with E-state index in [1.807, 2.05) is 6.07 Å². The molecule has 0 amide bonds. The summed E-state index contributed by atoms with van der Waals surface area (Å²) in [5.74, 6) is -2.09. The van der Waals surface area contributed by atoms with Gasteiger partial charge >= 0.3 is 12.1 Å². The van der Waals surface area contributed by atoms with E-state index in [9.17, 15) is 18.0 Å². The number of carboxylic acids is 1. The molecule has 0 aromatic carbocycles. The van der Waals surface area contributed by atoms with Crippen LogP contribution in [-0.4, -0.2) is 68.4 Å². The van der Waals surface area contributed by atoms with Crippen LogP contribution in [0.4, 0.5) is 19.0 Å². The Morgan fingerprint density at radius 2 is 2.03 bits per heavy atom. The Morgan fingerprint density at radius 3 is 2.65 bits per heavy atom. The number of carboxylic acid groups (broad SMARTS) is 1. The highest BCUT2D eigenvalue weighted by molar-refractivity contribution is 7.18. The number of aromatic nitrogens is 3. The molecule has 3 N–H and O–H groups in total. The van der Waals surface area contributed by atoms with Crippen molar-refractivity contribution in [2.45, 2.75) is 32.4 Å². The van der Waals surface area contributed by atoms with Gasteiger partial charge in [-0.2, -0.15) is 13.2 Å². The average molecular weight is 512 g/mol. The molecule has 34 heavy (non-hydrogen) atoms. The maximum atomic E-state index is 13.0. The van der Waals surface area contributed by atoms with Crippen molar-refractivity contribution in [2.75, 3.05) is 24.5 Å². The first-order chi connectivity index (χ1) is 16.1. The number of anilines is 1. The van der Waals surface area contributed by atoms with Gasteiger partial charge in [-0.05, 0) is 12.5 Å². The zero-order valence-corrected chi connectivity index (χ0v) is 19.6. The van der Waals surface area contributed by atoms with E-state index >= 15 is 0 Å². The SMILES string of the molecule is CCCc1cc2c(N3CCN(C(=N)C(F)(F)F)C(=N)C3)nc(Cc3nc(C(=O)O)cs3)nc2s1. The zero-order valence-electron chi connectivity index (χ0n) is 17.9. The standard InChI is InChI=1S/C20H20F3N7O2S2/c1-2-3-10-6-11-16(29-4-5-30(13(24)8-29)19(25)20(21,22)23)27-14(28-17(11)34-10)7-15-26-12(9-33-15)18(31)32/h6,9,24-25H,2-5,7-8H2,1H3,(H,31,32). The van der Waals surface area contributed by atoms with Crippen LogP contribution in [0.5, 0.6) is 0 Å². The molecule has 1 fully saturated rings. The van der Waals surface area contributed by atoms with Crippen molar-refractivity contribution >= 4 is 56.3 Å². The predicted molar refractivity (Wildman–Crippen MR) is 124 cm³/mol. The monoisotopic (exact) mass is 511 g/mol. The van der Waals surface area contributed by atoms with Crippen LogP contribution in [0.2, 0.25) is 0 Å². The third kappa shape index (κ3) is 4.87. The number of carbonyl (C=O) groups is 1. The highest BCUT2D eigenvalue weighted by Gasteiger charge is 2.41. The van der Waals surface area contributed by atoms with Crippen molar-refractivity contribution in [3.63, 3.8) is 0 Å². The van der Waals surface area contributed by atoms with Crippen LogP contribution >= 0.6 is 22.7 Å². The van der Waals surface area contributed by atoms with Gasteiger partial charge in [0.1, 0.15) is 27.3 Å². The first-order valence-electron chi connectivity index (χ1n) is 10.3. The number of thiazole rings is 1. The van der Waals surface area contributed by atoms with E-state index in [1.165, 1.54) is 28.1 Å². The lowest BCUT2D eigenvalue weighted by Crippen LogP contribution is -2.55. The number of thiophene rings is 1. The van der Waals surface area contributed by atoms with Crippen LogP contribution in [0.15, 0.2) is 11.4 Å². The number of hydrogen-bond acceptors (Lipinski definition) is 9. The minimum absolute atomic E-state index is 0.0562. The molecule has 0 unspecified atom stereocenters. The molecule has 0 atom stereocenters. The van der Waals surface area contributed by atoms with Gasteiger partial charge in [-0.1, -0.05) is 13.3 Å². The summed E-state index contributed by atoms with van der Waals surface area (Å²) in [5.41, 5.74) is -0.0562. The lowest BCUT2D eigenvalue weighted by Gasteiger charge is -2.37. The fourth-order valence-corrected chi connectivity index (χ4v) is 5.50. The van der Waals surface area contributed by atoms with E-state index in [4.69, 9.17) is 15.9 Å². The highest BCUT2D eigenvalue weighted by Crippen LogP contribution is 2.33. The fourth-order valence-electron chi connectivity index (χ4n) is 3.60. The minimum atomic E-state index is -4.82. The van der Waals surface area contributed by atoms with E-state index in [2.05, 4.69) is 21.9 Å². The number of fused-ring (bicyclic) bond motifs is 1. The average Bonchev–Trinajstić information content (AvgIpc) is 3.39. The Hall–Kier alpha value is -3.13. The van der Waals surface area contributed by atoms with Crippen molar-refractivity contribution < 1.29 is 23.1 Å². The number of nitrogens with one attached hydrogen (secondary N) is 2. The summed E-state index contributed by atoms with van der Waals surface area (Å²) in [6.45, 7) is 1.90. The molecule has 1 aliphatic rings. The predicted octanol–water partition coefficient (Wildman–Crippen LogP) is 4.03. The molecule has 4 rings (SSSR count). The number of aromatic carboxylic acids is 1. The Morgan fingerprint density at radius 1 is 1.26 bits per heavy atom. The molecule has 3 aromatic heterocycles. The Balaban J connectivity index is 1.67. The lowest BCUT2D eigenvalue weighted by molar-refractivity contribution is -0.0671. The van der Waals surface area contributed by atoms with E-state index in [-0.39, 0.29) is 37.6 Å². The molecule has 14 heteroatoms. The van der Waals surface area contributed by atoms with Crippen LogP contribution < -0.4 is 4.90 Å². The van der Waals surface area contributed by atoms with Crippen molar-refractivity contribution in [3.8, 4) is 0 Å². The maximum Gasteiger partial charge on any atom is 0.449 e. The van der Waals surface area contributed by atoms with Gasteiger partial charge in [0.25, 0.3) is 0 Å². The second-order valence-corrected chi connectivity index (χ2v) is 9.68. The Labute approximate surface area is 199 Å². The number of piperazine rings is 1. The van der Waals surface area contributed by atoms with Crippen molar-refractivity contribution in [1.29, 1.82) is 10.8 Å². The number of alkyl halides is 3. The van der Waals surface area contributed by atoms with Gasteiger partial charge in [-0.15, -0.1) is 22.7 Å². The van der Waals surface area contributed by atoms with Gasteiger partial charge in [0.2, 0.25) is 5.84 Å². The summed E-state index contributed by atoms with van der Waals surface area (Å²) in [6, 6.07) is 1.97. The summed E-state index contributed by atoms with van der Waals surface area (Å²) in [6.07, 6.45) is -2.84. The summed E-state index contributed by atoms with van der Waals surface area (Å²) in [5, 5.41) is 27.3. The van der Waals surface area contributed by atoms with Gasteiger partial charge < -0.3 is 14.9 Å². The molecule has 0 aliphatic carbocycles.